The molecule has 0 aliphatic rings. The first-order chi connectivity index (χ1) is 2.00. The summed E-state index contributed by atoms with van der Waals surface area (Å²) in [6.45, 7) is 0. The van der Waals surface area contributed by atoms with E-state index in [9.17, 15) is 13.2 Å². The maximum atomic E-state index is 10.4. The molecule has 0 unspecified atom stereocenters. The number of halogens is 3. The van der Waals surface area contributed by atoms with Crippen LogP contribution in [0.3, 0.4) is 0 Å². The van der Waals surface area contributed by atoms with Crippen LogP contribution >= 0.6 is 0 Å². The van der Waals surface area contributed by atoms with Crippen LogP contribution in [0.15, 0.2) is 0 Å². The van der Waals surface area contributed by atoms with Gasteiger partial charge in [-0.3, -0.25) is 0 Å². The molecule has 0 aliphatic carbocycles. The second kappa shape index (κ2) is 1.42. The van der Waals surface area contributed by atoms with Crippen LogP contribution in [0, 0.1) is 0 Å². The summed E-state index contributed by atoms with van der Waals surface area (Å²) in [5, 5.41) is 0. The van der Waals surface area contributed by atoms with E-state index >= 15 is 0 Å². The van der Waals surface area contributed by atoms with Gasteiger partial charge >= 0.3 is 41.8 Å². The molecule has 30 valence electrons. The monoisotopic (exact) mass is 278 g/mol. The molecule has 0 aromatic heterocycles. The molecule has 0 atom stereocenters. The van der Waals surface area contributed by atoms with Gasteiger partial charge in [-0.05, 0) is 0 Å². The molecule has 0 amide bonds. The minimum atomic E-state index is -3.89. The Balaban J connectivity index is 3.02. The molecule has 0 fully saturated rings. The molecular weight excluding hydrogens is 278 g/mol. The van der Waals surface area contributed by atoms with Crippen molar-refractivity contribution in [2.75, 3.05) is 0 Å². The minimum absolute atomic E-state index is 0.516. The molecule has 0 saturated carbocycles. The number of rotatable bonds is 0. The van der Waals surface area contributed by atoms with Crippen LogP contribution < -0.4 is 0 Å². The zero-order valence-electron chi connectivity index (χ0n) is 2.08. The predicted octanol–water partition coefficient (Wildman–Crippen LogP) is 0.675. The number of alkyl halides is 3. The fourth-order valence-corrected chi connectivity index (χ4v) is 0. The average molecular weight is 278 g/mol. The topological polar surface area (TPSA) is 0 Å². The molecule has 5 heavy (non-hydrogen) atoms. The van der Waals surface area contributed by atoms with E-state index in [1.165, 1.54) is 0 Å². The van der Waals surface area contributed by atoms with Crippen molar-refractivity contribution < 1.29 is 13.2 Å². The summed E-state index contributed by atoms with van der Waals surface area (Å²) in [5.74, 6) is 0. The summed E-state index contributed by atoms with van der Waals surface area (Å²) in [5.41, 5.74) is 0. The second-order valence-corrected chi connectivity index (χ2v) is 2.44. The summed E-state index contributed by atoms with van der Waals surface area (Å²) in [4.78, 5) is 0. The van der Waals surface area contributed by atoms with Gasteiger partial charge in [-0.25, -0.2) is 0 Å². The Bertz CT molecular complexity index is 22.4. The van der Waals surface area contributed by atoms with Gasteiger partial charge in [0, 0.05) is 0 Å². The van der Waals surface area contributed by atoms with Crippen LogP contribution in [0.25, 0.3) is 0 Å². The van der Waals surface area contributed by atoms with Crippen LogP contribution in [0.5, 0.6) is 0 Å². The molecule has 0 aliphatic heterocycles. The Morgan fingerprint density at radius 1 is 1.20 bits per heavy atom. The van der Waals surface area contributed by atoms with Gasteiger partial charge in [-0.1, -0.05) is 0 Å². The standard InChI is InChI=1S/CF3.Bi/c2-1(3)4;. The van der Waals surface area contributed by atoms with Gasteiger partial charge in [0.1, 0.15) is 0 Å². The zero-order chi connectivity index (χ0) is 4.50. The van der Waals surface area contributed by atoms with E-state index in [4.69, 9.17) is 0 Å². The Morgan fingerprint density at radius 3 is 1.20 bits per heavy atom. The SMILES string of the molecule is F[C](F)(F)[Bi]. The van der Waals surface area contributed by atoms with Gasteiger partial charge in [-0.15, -0.1) is 0 Å². The van der Waals surface area contributed by atoms with E-state index in [-0.39, 0.29) is 0 Å². The van der Waals surface area contributed by atoms with Gasteiger partial charge in [0.2, 0.25) is 0 Å². The van der Waals surface area contributed by atoms with E-state index in [0.717, 1.165) is 0 Å². The van der Waals surface area contributed by atoms with Crippen LogP contribution in [-0.2, 0) is 0 Å². The zero-order valence-corrected chi connectivity index (χ0v) is 5.56. The third kappa shape index (κ3) is 73.7. The van der Waals surface area contributed by atoms with Gasteiger partial charge in [0.05, 0.1) is 0 Å². The maximum absolute atomic E-state index is 10.4. The van der Waals surface area contributed by atoms with Crippen LogP contribution in [-0.4, -0.2) is 28.6 Å². The van der Waals surface area contributed by atoms with Crippen molar-refractivity contribution in [1.29, 1.82) is 0 Å². The second-order valence-electron chi connectivity index (χ2n) is 0.468. The van der Waals surface area contributed by atoms with Crippen molar-refractivity contribution in [2.24, 2.45) is 0 Å². The average Bonchev–Trinajstić information content (AvgIpc) is 0.722. The fourth-order valence-electron chi connectivity index (χ4n) is 0. The molecule has 0 N–H and O–H groups in total. The van der Waals surface area contributed by atoms with Crippen molar-refractivity contribution in [2.45, 2.75) is 3.88 Å². The molecule has 0 bridgehead atoms. The molecule has 0 heterocycles. The Morgan fingerprint density at radius 2 is 1.20 bits per heavy atom. The van der Waals surface area contributed by atoms with Gasteiger partial charge < -0.3 is 0 Å². The third-order valence-corrected chi connectivity index (χ3v) is 0. The van der Waals surface area contributed by atoms with Crippen LogP contribution in [0.4, 0.5) is 13.2 Å². The third-order valence-electron chi connectivity index (χ3n) is 0. The quantitative estimate of drug-likeness (QED) is 0.571. The first-order valence-electron chi connectivity index (χ1n) is 0.791. The summed E-state index contributed by atoms with van der Waals surface area (Å²) in [6.07, 6.45) is 0. The predicted molar refractivity (Wildman–Crippen MR) is 11.8 cm³/mol. The molecular formula is CBiF3. The molecule has 0 aromatic rings. The summed E-state index contributed by atoms with van der Waals surface area (Å²) >= 11 is -0.516. The van der Waals surface area contributed by atoms with Crippen molar-refractivity contribution in [3.8, 4) is 0 Å². The summed E-state index contributed by atoms with van der Waals surface area (Å²) in [7, 11) is 0. The van der Waals surface area contributed by atoms with Crippen LogP contribution in [0.1, 0.15) is 0 Å². The first-order valence-corrected chi connectivity index (χ1v) is 2.53. The number of hydrogen-bond acceptors (Lipinski definition) is 0. The molecule has 0 rings (SSSR count). The van der Waals surface area contributed by atoms with Crippen molar-refractivity contribution >= 4 is 24.7 Å². The fraction of sp³-hybridized carbons (Fsp3) is 1.00. The van der Waals surface area contributed by atoms with E-state index < -0.39 is 28.6 Å². The molecule has 4 heteroatoms. The normalized spacial score (nSPS) is 12.0. The molecule has 0 nitrogen and oxygen atoms in total. The Labute approximate surface area is 42.2 Å². The van der Waals surface area contributed by atoms with Crippen molar-refractivity contribution in [3.63, 3.8) is 0 Å². The first kappa shape index (κ1) is 5.67. The van der Waals surface area contributed by atoms with Crippen LogP contribution in [0.2, 0.25) is 0 Å². The molecule has 2 radical (unpaired) electrons. The Kier molecular flexibility index (Phi) is 1.61. The van der Waals surface area contributed by atoms with Gasteiger partial charge in [0.15, 0.2) is 0 Å². The van der Waals surface area contributed by atoms with Crippen molar-refractivity contribution in [1.82, 2.24) is 0 Å². The van der Waals surface area contributed by atoms with Crippen molar-refractivity contribution in [3.05, 3.63) is 0 Å². The van der Waals surface area contributed by atoms with E-state index in [1.807, 2.05) is 0 Å². The van der Waals surface area contributed by atoms with E-state index in [0.29, 0.717) is 0 Å². The van der Waals surface area contributed by atoms with Gasteiger partial charge in [-0.2, -0.15) is 0 Å². The summed E-state index contributed by atoms with van der Waals surface area (Å²) < 4.78 is 27.3. The summed E-state index contributed by atoms with van der Waals surface area (Å²) in [6, 6.07) is 0. The van der Waals surface area contributed by atoms with E-state index in [1.54, 1.807) is 0 Å². The number of hydrogen-bond donors (Lipinski definition) is 0. The van der Waals surface area contributed by atoms with Gasteiger partial charge in [0.25, 0.3) is 0 Å². The molecule has 0 aromatic carbocycles. The Hall–Kier alpha value is 0.673. The van der Waals surface area contributed by atoms with E-state index in [2.05, 4.69) is 0 Å². The molecule has 0 saturated heterocycles. The molecule has 0 spiro atoms.